The van der Waals surface area contributed by atoms with E-state index in [1.807, 2.05) is 0 Å². The topological polar surface area (TPSA) is 37.3 Å². The molecule has 0 heterocycles. The highest BCUT2D eigenvalue weighted by Gasteiger charge is 2.36. The zero-order valence-corrected chi connectivity index (χ0v) is 6.36. The van der Waals surface area contributed by atoms with E-state index in [2.05, 4.69) is 12.2 Å². The van der Waals surface area contributed by atoms with Gasteiger partial charge < -0.3 is 5.11 Å². The van der Waals surface area contributed by atoms with Crippen molar-refractivity contribution in [3.8, 4) is 0 Å². The van der Waals surface area contributed by atoms with Gasteiger partial charge in [-0.3, -0.25) is 4.79 Å². The van der Waals surface area contributed by atoms with Gasteiger partial charge in [-0.05, 0) is 18.3 Å². The van der Waals surface area contributed by atoms with Gasteiger partial charge in [-0.2, -0.15) is 0 Å². The molecule has 2 bridgehead atoms. The first kappa shape index (κ1) is 7.04. The monoisotopic (exact) mass is 152 g/mol. The van der Waals surface area contributed by atoms with Crippen LogP contribution in [0.3, 0.4) is 0 Å². The van der Waals surface area contributed by atoms with E-state index in [0.717, 1.165) is 6.42 Å². The van der Waals surface area contributed by atoms with Crippen molar-refractivity contribution in [1.82, 2.24) is 0 Å². The van der Waals surface area contributed by atoms with Crippen molar-refractivity contribution in [2.24, 2.45) is 17.8 Å². The summed E-state index contributed by atoms with van der Waals surface area (Å²) in [6, 6.07) is 0. The fourth-order valence-electron chi connectivity index (χ4n) is 2.14. The van der Waals surface area contributed by atoms with Crippen molar-refractivity contribution in [2.75, 3.05) is 6.61 Å². The minimum absolute atomic E-state index is 0.0283. The first-order chi connectivity index (χ1) is 5.31. The molecule has 0 aromatic heterocycles. The van der Waals surface area contributed by atoms with Gasteiger partial charge in [0.1, 0.15) is 5.78 Å². The second kappa shape index (κ2) is 2.45. The zero-order chi connectivity index (χ0) is 7.84. The Kier molecular flexibility index (Phi) is 1.57. The van der Waals surface area contributed by atoms with Gasteiger partial charge in [-0.1, -0.05) is 12.2 Å². The molecule has 60 valence electrons. The van der Waals surface area contributed by atoms with Crippen LogP contribution in [0, 0.1) is 17.8 Å². The van der Waals surface area contributed by atoms with Crippen LogP contribution in [0.4, 0.5) is 0 Å². The first-order valence-corrected chi connectivity index (χ1v) is 4.13. The quantitative estimate of drug-likeness (QED) is 0.563. The normalized spacial score (nSPS) is 41.5. The molecule has 2 nitrogen and oxygen atoms in total. The Hall–Kier alpha value is -0.630. The molecular weight excluding hydrogens is 140 g/mol. The maximum absolute atomic E-state index is 11.3. The van der Waals surface area contributed by atoms with E-state index >= 15 is 0 Å². The molecule has 0 unspecified atom stereocenters. The van der Waals surface area contributed by atoms with Crippen LogP contribution >= 0.6 is 0 Å². The van der Waals surface area contributed by atoms with Crippen LogP contribution in [0.1, 0.15) is 12.8 Å². The van der Waals surface area contributed by atoms with E-state index in [1.165, 1.54) is 0 Å². The van der Waals surface area contributed by atoms with Gasteiger partial charge in [0.25, 0.3) is 0 Å². The number of rotatable bonds is 1. The molecule has 11 heavy (non-hydrogen) atoms. The number of fused-ring (bicyclic) bond motifs is 2. The number of aliphatic hydroxyl groups excluding tert-OH is 1. The third-order valence-electron chi connectivity index (χ3n) is 2.80. The van der Waals surface area contributed by atoms with Crippen molar-refractivity contribution in [2.45, 2.75) is 12.8 Å². The summed E-state index contributed by atoms with van der Waals surface area (Å²) in [5.41, 5.74) is 0. The Morgan fingerprint density at radius 2 is 2.36 bits per heavy atom. The smallest absolute Gasteiger partial charge is 0.139 e. The van der Waals surface area contributed by atoms with Crippen LogP contribution in [0.25, 0.3) is 0 Å². The highest BCUT2D eigenvalue weighted by molar-refractivity contribution is 5.83. The Morgan fingerprint density at radius 1 is 1.55 bits per heavy atom. The van der Waals surface area contributed by atoms with Gasteiger partial charge in [0, 0.05) is 12.3 Å². The SMILES string of the molecule is O=C1C[C@H]2C=C[C@H](C2)[C@H]1CO. The number of Topliss-reactive ketones (excluding diaryl/α,β-unsaturated/α-hetero) is 1. The number of hydrogen-bond donors (Lipinski definition) is 1. The molecule has 0 saturated heterocycles. The van der Waals surface area contributed by atoms with Crippen LogP contribution in [-0.4, -0.2) is 17.5 Å². The summed E-state index contributed by atoms with van der Waals surface area (Å²) in [5, 5.41) is 8.93. The second-order valence-electron chi connectivity index (χ2n) is 3.50. The van der Waals surface area contributed by atoms with E-state index in [1.54, 1.807) is 0 Å². The minimum Gasteiger partial charge on any atom is -0.396 e. The van der Waals surface area contributed by atoms with Crippen molar-refractivity contribution in [3.63, 3.8) is 0 Å². The maximum atomic E-state index is 11.3. The summed E-state index contributed by atoms with van der Waals surface area (Å²) >= 11 is 0. The Balaban J connectivity index is 2.19. The molecule has 0 aromatic carbocycles. The molecule has 0 aliphatic heterocycles. The summed E-state index contributed by atoms with van der Waals surface area (Å²) in [6.07, 6.45) is 5.95. The lowest BCUT2D eigenvalue weighted by Crippen LogP contribution is -2.30. The van der Waals surface area contributed by atoms with Gasteiger partial charge in [0.2, 0.25) is 0 Å². The summed E-state index contributed by atoms with van der Waals surface area (Å²) in [4.78, 5) is 11.3. The van der Waals surface area contributed by atoms with Gasteiger partial charge in [-0.15, -0.1) is 0 Å². The molecule has 2 aliphatic carbocycles. The van der Waals surface area contributed by atoms with Crippen LogP contribution in [0.2, 0.25) is 0 Å². The van der Waals surface area contributed by atoms with Gasteiger partial charge in [-0.25, -0.2) is 0 Å². The average Bonchev–Trinajstić information content (AvgIpc) is 2.34. The van der Waals surface area contributed by atoms with E-state index in [9.17, 15) is 4.79 Å². The summed E-state index contributed by atoms with van der Waals surface area (Å²) in [5.74, 6) is 0.977. The molecule has 1 fully saturated rings. The van der Waals surface area contributed by atoms with Gasteiger partial charge in [0.15, 0.2) is 0 Å². The summed E-state index contributed by atoms with van der Waals surface area (Å²) in [6.45, 7) is 0.0283. The molecule has 2 heteroatoms. The van der Waals surface area contributed by atoms with Crippen molar-refractivity contribution in [1.29, 1.82) is 0 Å². The molecular formula is C9H12O2. The van der Waals surface area contributed by atoms with E-state index in [-0.39, 0.29) is 18.3 Å². The number of carbonyl (C=O) groups is 1. The third-order valence-corrected chi connectivity index (χ3v) is 2.80. The van der Waals surface area contributed by atoms with Crippen LogP contribution in [-0.2, 0) is 4.79 Å². The number of ketones is 1. The maximum Gasteiger partial charge on any atom is 0.139 e. The lowest BCUT2D eigenvalue weighted by molar-refractivity contribution is -0.127. The molecule has 0 radical (unpaired) electrons. The summed E-state index contributed by atoms with van der Waals surface area (Å²) < 4.78 is 0. The highest BCUT2D eigenvalue weighted by Crippen LogP contribution is 2.38. The number of carbonyl (C=O) groups excluding carboxylic acids is 1. The van der Waals surface area contributed by atoms with Crippen LogP contribution < -0.4 is 0 Å². The fraction of sp³-hybridized carbons (Fsp3) is 0.667. The number of aliphatic hydroxyl groups is 1. The fourth-order valence-corrected chi connectivity index (χ4v) is 2.14. The molecule has 1 saturated carbocycles. The molecule has 3 atom stereocenters. The zero-order valence-electron chi connectivity index (χ0n) is 6.36. The van der Waals surface area contributed by atoms with E-state index < -0.39 is 0 Å². The van der Waals surface area contributed by atoms with E-state index in [4.69, 9.17) is 5.11 Å². The van der Waals surface area contributed by atoms with Crippen LogP contribution in [0.15, 0.2) is 12.2 Å². The van der Waals surface area contributed by atoms with Crippen LogP contribution in [0.5, 0.6) is 0 Å². The van der Waals surface area contributed by atoms with E-state index in [0.29, 0.717) is 18.3 Å². The lowest BCUT2D eigenvalue weighted by atomic mass is 9.78. The molecule has 0 spiro atoms. The lowest BCUT2D eigenvalue weighted by Gasteiger charge is -2.25. The predicted octanol–water partition coefficient (Wildman–Crippen LogP) is 0.760. The Bertz CT molecular complexity index is 208. The van der Waals surface area contributed by atoms with Crippen molar-refractivity contribution >= 4 is 5.78 Å². The first-order valence-electron chi connectivity index (χ1n) is 4.13. The molecule has 2 rings (SSSR count). The third kappa shape index (κ3) is 1.02. The second-order valence-corrected chi connectivity index (χ2v) is 3.50. The molecule has 1 N–H and O–H groups in total. The number of allylic oxidation sites excluding steroid dienone is 2. The van der Waals surface area contributed by atoms with Gasteiger partial charge in [0.05, 0.1) is 6.61 Å². The molecule has 0 amide bonds. The summed E-state index contributed by atoms with van der Waals surface area (Å²) in [7, 11) is 0. The number of hydrogen-bond acceptors (Lipinski definition) is 2. The average molecular weight is 152 g/mol. The minimum atomic E-state index is -0.0926. The molecule has 0 aromatic rings. The predicted molar refractivity (Wildman–Crippen MR) is 40.9 cm³/mol. The van der Waals surface area contributed by atoms with Crippen molar-refractivity contribution in [3.05, 3.63) is 12.2 Å². The van der Waals surface area contributed by atoms with Crippen molar-refractivity contribution < 1.29 is 9.90 Å². The Labute approximate surface area is 65.9 Å². The molecule has 2 aliphatic rings. The standard InChI is InChI=1S/C9H12O2/c10-5-8-7-2-1-6(3-7)4-9(8)11/h1-2,6-8,10H,3-5H2/t6-,7+,8+/m0/s1. The highest BCUT2D eigenvalue weighted by atomic mass is 16.3. The Morgan fingerprint density at radius 3 is 3.09 bits per heavy atom. The largest absolute Gasteiger partial charge is 0.396 e. The van der Waals surface area contributed by atoms with Gasteiger partial charge >= 0.3 is 0 Å².